The van der Waals surface area contributed by atoms with Crippen LogP contribution in [0.15, 0.2) is 60.0 Å². The van der Waals surface area contributed by atoms with Crippen LogP contribution in [0.2, 0.25) is 0 Å². The molecule has 1 aromatic heterocycles. The number of amides is 1. The summed E-state index contributed by atoms with van der Waals surface area (Å²) in [6.45, 7) is 1.52. The molecular weight excluding hydrogens is 364 g/mol. The zero-order valence-electron chi connectivity index (χ0n) is 14.8. The van der Waals surface area contributed by atoms with Crippen molar-refractivity contribution in [2.75, 3.05) is 12.4 Å². The van der Waals surface area contributed by atoms with Gasteiger partial charge in [0.15, 0.2) is 11.2 Å². The van der Waals surface area contributed by atoms with Gasteiger partial charge in [0, 0.05) is 10.9 Å². The van der Waals surface area contributed by atoms with E-state index in [9.17, 15) is 9.59 Å². The van der Waals surface area contributed by atoms with Crippen molar-refractivity contribution in [3.63, 3.8) is 0 Å². The van der Waals surface area contributed by atoms with Gasteiger partial charge >= 0.3 is 5.97 Å². The van der Waals surface area contributed by atoms with E-state index in [1.807, 2.05) is 35.7 Å². The summed E-state index contributed by atoms with van der Waals surface area (Å²) in [6.07, 6.45) is -0.955. The first-order valence-electron chi connectivity index (χ1n) is 8.23. The lowest BCUT2D eigenvalue weighted by Gasteiger charge is -2.12. The van der Waals surface area contributed by atoms with E-state index in [1.165, 1.54) is 18.3 Å². The van der Waals surface area contributed by atoms with Crippen molar-refractivity contribution in [1.29, 1.82) is 0 Å². The first-order chi connectivity index (χ1) is 13.1. The third-order valence-corrected chi connectivity index (χ3v) is 4.54. The second-order valence-electron chi connectivity index (χ2n) is 5.67. The fraction of sp³-hybridized carbons (Fsp3) is 0.150. The predicted molar refractivity (Wildman–Crippen MR) is 104 cm³/mol. The van der Waals surface area contributed by atoms with Crippen molar-refractivity contribution < 1.29 is 19.1 Å². The molecule has 1 amide bonds. The quantitative estimate of drug-likeness (QED) is 0.652. The summed E-state index contributed by atoms with van der Waals surface area (Å²) in [5, 5.41) is 4.99. The number of aromatic nitrogens is 1. The van der Waals surface area contributed by atoms with E-state index in [0.717, 1.165) is 11.3 Å². The molecule has 0 fully saturated rings. The number of anilines is 1. The largest absolute Gasteiger partial charge is 0.497 e. The van der Waals surface area contributed by atoms with E-state index < -0.39 is 18.0 Å². The van der Waals surface area contributed by atoms with Crippen molar-refractivity contribution in [3.05, 3.63) is 65.5 Å². The highest BCUT2D eigenvalue weighted by atomic mass is 32.1. The van der Waals surface area contributed by atoms with Crippen molar-refractivity contribution in [2.24, 2.45) is 0 Å². The smallest absolute Gasteiger partial charge is 0.338 e. The number of hydrogen-bond acceptors (Lipinski definition) is 6. The Morgan fingerprint density at radius 2 is 1.78 bits per heavy atom. The molecule has 3 rings (SSSR count). The van der Waals surface area contributed by atoms with Gasteiger partial charge in [0.1, 0.15) is 5.75 Å². The highest BCUT2D eigenvalue weighted by Gasteiger charge is 2.20. The van der Waals surface area contributed by atoms with E-state index >= 15 is 0 Å². The summed E-state index contributed by atoms with van der Waals surface area (Å²) in [4.78, 5) is 28.8. The minimum atomic E-state index is -0.955. The zero-order chi connectivity index (χ0) is 19.2. The van der Waals surface area contributed by atoms with E-state index in [-0.39, 0.29) is 0 Å². The van der Waals surface area contributed by atoms with Crippen LogP contribution in [0, 0.1) is 0 Å². The van der Waals surface area contributed by atoms with Crippen LogP contribution >= 0.6 is 11.3 Å². The third kappa shape index (κ3) is 4.71. The Kier molecular flexibility index (Phi) is 5.83. The average molecular weight is 382 g/mol. The second-order valence-corrected chi connectivity index (χ2v) is 6.53. The SMILES string of the molecule is COc1ccc(C(=O)OC(C)C(=O)Nc2nc(-c3ccccc3)cs2)cc1. The zero-order valence-corrected chi connectivity index (χ0v) is 15.7. The van der Waals surface area contributed by atoms with Gasteiger partial charge in [-0.1, -0.05) is 30.3 Å². The molecule has 1 N–H and O–H groups in total. The summed E-state index contributed by atoms with van der Waals surface area (Å²) in [7, 11) is 1.54. The standard InChI is InChI=1S/C20H18N2O4S/c1-13(26-19(24)15-8-10-16(25-2)11-9-15)18(23)22-20-21-17(12-27-20)14-6-4-3-5-7-14/h3-13H,1-2H3,(H,21,22,23). The molecule has 0 aliphatic carbocycles. The first-order valence-corrected chi connectivity index (χ1v) is 9.11. The molecule has 0 aliphatic heterocycles. The van der Waals surface area contributed by atoms with Gasteiger partial charge in [0.25, 0.3) is 5.91 Å². The van der Waals surface area contributed by atoms with E-state index in [1.54, 1.807) is 31.4 Å². The molecule has 138 valence electrons. The Morgan fingerprint density at radius 3 is 2.44 bits per heavy atom. The monoisotopic (exact) mass is 382 g/mol. The molecule has 0 saturated carbocycles. The number of methoxy groups -OCH3 is 1. The lowest BCUT2D eigenvalue weighted by Crippen LogP contribution is -2.29. The minimum absolute atomic E-state index is 0.344. The van der Waals surface area contributed by atoms with Gasteiger partial charge in [-0.05, 0) is 31.2 Å². The maximum atomic E-state index is 12.3. The fourth-order valence-electron chi connectivity index (χ4n) is 2.29. The lowest BCUT2D eigenvalue weighted by molar-refractivity contribution is -0.123. The highest BCUT2D eigenvalue weighted by molar-refractivity contribution is 7.14. The number of thiazole rings is 1. The van der Waals surface area contributed by atoms with Gasteiger partial charge in [0.05, 0.1) is 18.4 Å². The van der Waals surface area contributed by atoms with E-state index in [4.69, 9.17) is 9.47 Å². The summed E-state index contributed by atoms with van der Waals surface area (Å²) >= 11 is 1.31. The third-order valence-electron chi connectivity index (χ3n) is 3.78. The summed E-state index contributed by atoms with van der Waals surface area (Å²) in [6, 6.07) is 16.1. The number of carbonyl (C=O) groups is 2. The molecule has 0 saturated heterocycles. The number of nitrogens with one attached hydrogen (secondary N) is 1. The molecule has 2 aromatic carbocycles. The number of nitrogens with zero attached hydrogens (tertiary/aromatic N) is 1. The maximum absolute atomic E-state index is 12.3. The van der Waals surface area contributed by atoms with Crippen LogP contribution in [0.4, 0.5) is 5.13 Å². The van der Waals surface area contributed by atoms with Crippen LogP contribution in [-0.4, -0.2) is 30.1 Å². The van der Waals surface area contributed by atoms with E-state index in [2.05, 4.69) is 10.3 Å². The van der Waals surface area contributed by atoms with Crippen molar-refractivity contribution in [2.45, 2.75) is 13.0 Å². The Bertz CT molecular complexity index is 923. The summed E-state index contributed by atoms with van der Waals surface area (Å²) in [5.41, 5.74) is 2.09. The average Bonchev–Trinajstić information content (AvgIpc) is 3.17. The van der Waals surface area contributed by atoms with Gasteiger partial charge in [-0.3, -0.25) is 10.1 Å². The number of hydrogen-bond donors (Lipinski definition) is 1. The fourth-order valence-corrected chi connectivity index (χ4v) is 3.01. The summed E-state index contributed by atoms with van der Waals surface area (Å²) < 4.78 is 10.3. The van der Waals surface area contributed by atoms with Crippen LogP contribution in [0.1, 0.15) is 17.3 Å². The van der Waals surface area contributed by atoms with Crippen LogP contribution in [-0.2, 0) is 9.53 Å². The van der Waals surface area contributed by atoms with Crippen molar-refractivity contribution in [1.82, 2.24) is 4.98 Å². The normalized spacial score (nSPS) is 11.5. The molecule has 6 nitrogen and oxygen atoms in total. The molecule has 0 bridgehead atoms. The van der Waals surface area contributed by atoms with Gasteiger partial charge in [-0.2, -0.15) is 0 Å². The van der Waals surface area contributed by atoms with Crippen LogP contribution in [0.5, 0.6) is 5.75 Å². The number of esters is 1. The number of rotatable bonds is 6. The Morgan fingerprint density at radius 1 is 1.07 bits per heavy atom. The molecule has 1 atom stereocenters. The Labute approximate surface area is 160 Å². The van der Waals surface area contributed by atoms with Crippen LogP contribution < -0.4 is 10.1 Å². The van der Waals surface area contributed by atoms with Gasteiger partial charge in [-0.25, -0.2) is 9.78 Å². The predicted octanol–water partition coefficient (Wildman–Crippen LogP) is 4.00. The highest BCUT2D eigenvalue weighted by Crippen LogP contribution is 2.24. The molecule has 0 aliphatic rings. The number of ether oxygens (including phenoxy) is 2. The van der Waals surface area contributed by atoms with Crippen LogP contribution in [0.3, 0.4) is 0 Å². The Balaban J connectivity index is 1.59. The van der Waals surface area contributed by atoms with Crippen molar-refractivity contribution >= 4 is 28.3 Å². The van der Waals surface area contributed by atoms with E-state index in [0.29, 0.717) is 16.4 Å². The topological polar surface area (TPSA) is 77.5 Å². The molecule has 27 heavy (non-hydrogen) atoms. The van der Waals surface area contributed by atoms with Crippen LogP contribution in [0.25, 0.3) is 11.3 Å². The molecule has 1 unspecified atom stereocenters. The Hall–Kier alpha value is -3.19. The van der Waals surface area contributed by atoms with Gasteiger partial charge < -0.3 is 9.47 Å². The van der Waals surface area contributed by atoms with Crippen molar-refractivity contribution in [3.8, 4) is 17.0 Å². The number of benzene rings is 2. The second kappa shape index (κ2) is 8.46. The lowest BCUT2D eigenvalue weighted by atomic mass is 10.2. The molecule has 1 heterocycles. The maximum Gasteiger partial charge on any atom is 0.338 e. The molecule has 7 heteroatoms. The first kappa shape index (κ1) is 18.6. The minimum Gasteiger partial charge on any atom is -0.497 e. The summed E-state index contributed by atoms with van der Waals surface area (Å²) in [5.74, 6) is -0.384. The molecule has 3 aromatic rings. The molecule has 0 radical (unpaired) electrons. The number of carbonyl (C=O) groups excluding carboxylic acids is 2. The molecule has 0 spiro atoms. The van der Waals surface area contributed by atoms with Gasteiger partial charge in [-0.15, -0.1) is 11.3 Å². The molecular formula is C20H18N2O4S. The van der Waals surface area contributed by atoms with Gasteiger partial charge in [0.2, 0.25) is 0 Å².